The lowest BCUT2D eigenvalue weighted by molar-refractivity contribution is -0.139. The topological polar surface area (TPSA) is 49.4 Å². The van der Waals surface area contributed by atoms with Crippen molar-refractivity contribution < 1.29 is 9.59 Å². The van der Waals surface area contributed by atoms with Crippen molar-refractivity contribution in [1.29, 1.82) is 0 Å². The van der Waals surface area contributed by atoms with Gasteiger partial charge in [-0.2, -0.15) is 0 Å². The highest BCUT2D eigenvalue weighted by Crippen LogP contribution is 2.23. The zero-order valence-electron chi connectivity index (χ0n) is 17.3. The molecule has 0 bridgehead atoms. The van der Waals surface area contributed by atoms with E-state index in [1.165, 1.54) is 11.8 Å². The second kappa shape index (κ2) is 11.6. The van der Waals surface area contributed by atoms with Gasteiger partial charge in [-0.3, -0.25) is 9.59 Å². The fraction of sp³-hybridized carbons (Fsp3) is 0.200. The molecule has 3 aromatic rings. The number of carbonyl (C=O) groups is 2. The van der Waals surface area contributed by atoms with Crippen LogP contribution in [0.4, 0.5) is 0 Å². The number of hydrogen-bond acceptors (Lipinski definition) is 3. The summed E-state index contributed by atoms with van der Waals surface area (Å²) in [5, 5.41) is 3.30. The second-order valence-electron chi connectivity index (χ2n) is 7.03. The van der Waals surface area contributed by atoms with Crippen LogP contribution in [-0.2, 0) is 22.6 Å². The van der Waals surface area contributed by atoms with Gasteiger partial charge in [0.25, 0.3) is 0 Å². The van der Waals surface area contributed by atoms with Crippen LogP contribution in [0.2, 0.25) is 5.02 Å². The van der Waals surface area contributed by atoms with Gasteiger partial charge in [-0.25, -0.2) is 0 Å². The lowest BCUT2D eigenvalue weighted by Crippen LogP contribution is -2.50. The zero-order chi connectivity index (χ0) is 22.1. The first-order chi connectivity index (χ1) is 15.1. The molecule has 0 heterocycles. The number of amides is 2. The Balaban J connectivity index is 1.88. The average Bonchev–Trinajstić information content (AvgIpc) is 2.81. The molecule has 6 heteroatoms. The van der Waals surface area contributed by atoms with Crippen molar-refractivity contribution in [1.82, 2.24) is 10.2 Å². The molecule has 0 aliphatic carbocycles. The van der Waals surface area contributed by atoms with E-state index in [9.17, 15) is 9.59 Å². The molecule has 2 amide bonds. The Labute approximate surface area is 192 Å². The molecule has 0 fully saturated rings. The summed E-state index contributed by atoms with van der Waals surface area (Å²) < 4.78 is 0. The van der Waals surface area contributed by atoms with E-state index in [-0.39, 0.29) is 24.1 Å². The van der Waals surface area contributed by atoms with Crippen LogP contribution in [0.1, 0.15) is 11.1 Å². The zero-order valence-corrected chi connectivity index (χ0v) is 18.9. The van der Waals surface area contributed by atoms with Gasteiger partial charge in [0.2, 0.25) is 11.8 Å². The fourth-order valence-electron chi connectivity index (χ4n) is 3.28. The maximum Gasteiger partial charge on any atom is 0.242 e. The summed E-state index contributed by atoms with van der Waals surface area (Å²) in [5.74, 6) is -0.0798. The van der Waals surface area contributed by atoms with Crippen LogP contribution in [0.15, 0.2) is 89.8 Å². The first kappa shape index (κ1) is 22.9. The molecule has 0 aliphatic heterocycles. The Morgan fingerprint density at radius 1 is 0.935 bits per heavy atom. The Morgan fingerprint density at radius 3 is 2.19 bits per heavy atom. The largest absolute Gasteiger partial charge is 0.357 e. The molecule has 1 N–H and O–H groups in total. The van der Waals surface area contributed by atoms with Crippen LogP contribution in [0.25, 0.3) is 0 Å². The Bertz CT molecular complexity index is 999. The smallest absolute Gasteiger partial charge is 0.242 e. The van der Waals surface area contributed by atoms with Crippen LogP contribution in [0, 0.1) is 0 Å². The molecule has 1 atom stereocenters. The standard InChI is InChI=1S/C25H25ClN2O2S/c1-27-25(30)23(16-19-10-4-2-5-11-19)28(17-20-12-8-9-15-22(20)26)24(29)18-31-21-13-6-3-7-14-21/h2-15,23H,16-18H2,1H3,(H,27,30). The second-order valence-corrected chi connectivity index (χ2v) is 8.49. The quantitative estimate of drug-likeness (QED) is 0.473. The van der Waals surface area contributed by atoms with E-state index in [0.29, 0.717) is 11.4 Å². The van der Waals surface area contributed by atoms with E-state index in [1.54, 1.807) is 18.0 Å². The number of likely N-dealkylation sites (N-methyl/N-ethyl adjacent to an activating group) is 1. The highest BCUT2D eigenvalue weighted by molar-refractivity contribution is 8.00. The summed E-state index contributed by atoms with van der Waals surface area (Å²) in [6, 6.07) is 26.3. The Hall–Kier alpha value is -2.76. The molecule has 4 nitrogen and oxygen atoms in total. The van der Waals surface area contributed by atoms with Crippen molar-refractivity contribution in [3.63, 3.8) is 0 Å². The van der Waals surface area contributed by atoms with Gasteiger partial charge in [-0.05, 0) is 29.3 Å². The van der Waals surface area contributed by atoms with E-state index >= 15 is 0 Å². The van der Waals surface area contributed by atoms with Gasteiger partial charge in [0.1, 0.15) is 6.04 Å². The van der Waals surface area contributed by atoms with E-state index in [1.807, 2.05) is 78.9 Å². The molecule has 31 heavy (non-hydrogen) atoms. The van der Waals surface area contributed by atoms with Crippen molar-refractivity contribution in [3.05, 3.63) is 101 Å². The molecular weight excluding hydrogens is 428 g/mol. The predicted octanol–water partition coefficient (Wildman–Crippen LogP) is 4.82. The number of rotatable bonds is 9. The molecular formula is C25H25ClN2O2S. The summed E-state index contributed by atoms with van der Waals surface area (Å²) in [5.41, 5.74) is 1.80. The molecule has 1 unspecified atom stereocenters. The number of thioether (sulfide) groups is 1. The van der Waals surface area contributed by atoms with Gasteiger partial charge >= 0.3 is 0 Å². The maximum absolute atomic E-state index is 13.4. The summed E-state index contributed by atoms with van der Waals surface area (Å²) in [6.45, 7) is 0.263. The summed E-state index contributed by atoms with van der Waals surface area (Å²) in [4.78, 5) is 28.9. The molecule has 0 aromatic heterocycles. The van der Waals surface area contributed by atoms with Crippen LogP contribution < -0.4 is 5.32 Å². The Kier molecular flexibility index (Phi) is 8.56. The van der Waals surface area contributed by atoms with Crippen molar-refractivity contribution in [3.8, 4) is 0 Å². The normalized spacial score (nSPS) is 11.5. The number of hydrogen-bond donors (Lipinski definition) is 1. The molecule has 0 spiro atoms. The number of nitrogens with zero attached hydrogens (tertiary/aromatic N) is 1. The molecule has 160 valence electrons. The lowest BCUT2D eigenvalue weighted by atomic mass is 10.0. The van der Waals surface area contributed by atoms with Crippen molar-refractivity contribution >= 4 is 35.2 Å². The first-order valence-electron chi connectivity index (χ1n) is 10.0. The average molecular weight is 453 g/mol. The molecule has 3 aromatic carbocycles. The van der Waals surface area contributed by atoms with E-state index in [2.05, 4.69) is 5.32 Å². The van der Waals surface area contributed by atoms with E-state index in [0.717, 1.165) is 16.0 Å². The third-order valence-corrected chi connectivity index (χ3v) is 6.29. The number of carbonyl (C=O) groups excluding carboxylic acids is 2. The minimum atomic E-state index is -0.646. The van der Waals surface area contributed by atoms with Gasteiger partial charge in [0.05, 0.1) is 5.75 Å². The minimum Gasteiger partial charge on any atom is -0.357 e. The number of halogens is 1. The molecule has 3 rings (SSSR count). The molecule has 0 saturated heterocycles. The van der Waals surface area contributed by atoms with Crippen LogP contribution >= 0.6 is 23.4 Å². The van der Waals surface area contributed by atoms with Gasteiger partial charge in [0.15, 0.2) is 0 Å². The highest BCUT2D eigenvalue weighted by atomic mass is 35.5. The molecule has 0 saturated carbocycles. The van der Waals surface area contributed by atoms with Crippen LogP contribution in [0.3, 0.4) is 0 Å². The summed E-state index contributed by atoms with van der Waals surface area (Å²) in [7, 11) is 1.59. The van der Waals surface area contributed by atoms with E-state index < -0.39 is 6.04 Å². The maximum atomic E-state index is 13.4. The van der Waals surface area contributed by atoms with Gasteiger partial charge in [-0.1, -0.05) is 78.3 Å². The van der Waals surface area contributed by atoms with Gasteiger partial charge in [-0.15, -0.1) is 11.8 Å². The predicted molar refractivity (Wildman–Crippen MR) is 127 cm³/mol. The van der Waals surface area contributed by atoms with Gasteiger partial charge in [0, 0.05) is 29.9 Å². The number of benzene rings is 3. The number of nitrogens with one attached hydrogen (secondary N) is 1. The lowest BCUT2D eigenvalue weighted by Gasteiger charge is -2.31. The molecule has 0 radical (unpaired) electrons. The monoisotopic (exact) mass is 452 g/mol. The van der Waals surface area contributed by atoms with Crippen LogP contribution in [-0.4, -0.2) is 35.6 Å². The minimum absolute atomic E-state index is 0.113. The SMILES string of the molecule is CNC(=O)C(Cc1ccccc1)N(Cc1ccccc1Cl)C(=O)CSc1ccccc1. The third-order valence-electron chi connectivity index (χ3n) is 4.92. The third kappa shape index (κ3) is 6.61. The first-order valence-corrected chi connectivity index (χ1v) is 11.4. The van der Waals surface area contributed by atoms with E-state index in [4.69, 9.17) is 11.6 Å². The van der Waals surface area contributed by atoms with Crippen molar-refractivity contribution in [2.45, 2.75) is 23.9 Å². The van der Waals surface area contributed by atoms with Crippen LogP contribution in [0.5, 0.6) is 0 Å². The van der Waals surface area contributed by atoms with Crippen molar-refractivity contribution in [2.75, 3.05) is 12.8 Å². The fourth-order valence-corrected chi connectivity index (χ4v) is 4.28. The summed E-state index contributed by atoms with van der Waals surface area (Å²) >= 11 is 7.84. The van der Waals surface area contributed by atoms with Crippen molar-refractivity contribution in [2.24, 2.45) is 0 Å². The van der Waals surface area contributed by atoms with Gasteiger partial charge < -0.3 is 10.2 Å². The Morgan fingerprint density at radius 2 is 1.55 bits per heavy atom. The highest BCUT2D eigenvalue weighted by Gasteiger charge is 2.30. The molecule has 0 aliphatic rings. The summed E-state index contributed by atoms with van der Waals surface area (Å²) in [6.07, 6.45) is 0.423.